The zero-order chi connectivity index (χ0) is 23.1. The van der Waals surface area contributed by atoms with Gasteiger partial charge in [-0.25, -0.2) is 19.3 Å². The van der Waals surface area contributed by atoms with E-state index in [1.165, 1.54) is 29.4 Å². The number of nitrogens with zero attached hydrogens (tertiary/aromatic N) is 4. The fourth-order valence-corrected chi connectivity index (χ4v) is 4.26. The molecule has 0 spiro atoms. The van der Waals surface area contributed by atoms with Crippen LogP contribution in [0, 0.1) is 5.82 Å². The third kappa shape index (κ3) is 3.81. The number of benzene rings is 2. The van der Waals surface area contributed by atoms with Gasteiger partial charge in [0.1, 0.15) is 17.7 Å². The van der Waals surface area contributed by atoms with Crippen molar-refractivity contribution in [1.29, 1.82) is 0 Å². The van der Waals surface area contributed by atoms with Gasteiger partial charge in [-0.1, -0.05) is 36.2 Å². The van der Waals surface area contributed by atoms with Gasteiger partial charge < -0.3 is 10.3 Å². The van der Waals surface area contributed by atoms with Crippen LogP contribution < -0.4 is 10.9 Å². The Morgan fingerprint density at radius 2 is 1.97 bits per heavy atom. The number of fused-ring (bicyclic) bond motifs is 2. The van der Waals surface area contributed by atoms with Gasteiger partial charge in [-0.05, 0) is 48.2 Å². The minimum absolute atomic E-state index is 0.239. The standard InChI is InChI=1S/C23H17Cl2FN6O/c1-2-17(31-22-20-21(28-10-27-20)29-11-30-22)19-7-12-3-5-14(26)9-15(12)23(33)32(19)18-8-13(24)4-6-16(18)25/h3-11,17H,2H2,1H3,(H2,27,28,29,30,31)/t17-/m1/s1. The maximum absolute atomic E-state index is 14.0. The molecule has 5 aromatic rings. The molecule has 0 amide bonds. The van der Waals surface area contributed by atoms with E-state index in [1.54, 1.807) is 24.3 Å². The maximum Gasteiger partial charge on any atom is 0.263 e. The third-order valence-corrected chi connectivity index (χ3v) is 6.01. The molecule has 0 bridgehead atoms. The lowest BCUT2D eigenvalue weighted by Gasteiger charge is -2.24. The fraction of sp³-hybridized carbons (Fsp3) is 0.130. The molecule has 0 saturated carbocycles. The van der Waals surface area contributed by atoms with Gasteiger partial charge in [0.2, 0.25) is 0 Å². The molecule has 10 heteroatoms. The van der Waals surface area contributed by atoms with Gasteiger partial charge in [0, 0.05) is 10.7 Å². The van der Waals surface area contributed by atoms with Crippen LogP contribution in [0.4, 0.5) is 10.2 Å². The fourth-order valence-electron chi connectivity index (χ4n) is 3.89. The van der Waals surface area contributed by atoms with Crippen molar-refractivity contribution in [3.05, 3.63) is 87.0 Å². The average Bonchev–Trinajstić information content (AvgIpc) is 3.29. The van der Waals surface area contributed by atoms with Gasteiger partial charge in [0.25, 0.3) is 5.56 Å². The second kappa shape index (κ2) is 8.46. The highest BCUT2D eigenvalue weighted by molar-refractivity contribution is 6.34. The summed E-state index contributed by atoms with van der Waals surface area (Å²) in [5, 5.41) is 5.00. The highest BCUT2D eigenvalue weighted by atomic mass is 35.5. The number of aromatic amines is 1. The van der Waals surface area contributed by atoms with E-state index in [2.05, 4.69) is 25.3 Å². The van der Waals surface area contributed by atoms with Gasteiger partial charge in [-0.15, -0.1) is 0 Å². The molecular weight excluding hydrogens is 466 g/mol. The van der Waals surface area contributed by atoms with E-state index in [-0.39, 0.29) is 11.4 Å². The minimum atomic E-state index is -0.496. The number of imidazole rings is 1. The topological polar surface area (TPSA) is 88.5 Å². The molecule has 0 fully saturated rings. The van der Waals surface area contributed by atoms with Gasteiger partial charge in [0.15, 0.2) is 11.5 Å². The number of hydrogen-bond acceptors (Lipinski definition) is 5. The van der Waals surface area contributed by atoms with Crippen LogP contribution in [0.3, 0.4) is 0 Å². The molecule has 0 saturated heterocycles. The molecule has 3 aromatic heterocycles. The van der Waals surface area contributed by atoms with Crippen molar-refractivity contribution in [2.24, 2.45) is 0 Å². The predicted molar refractivity (Wildman–Crippen MR) is 128 cm³/mol. The summed E-state index contributed by atoms with van der Waals surface area (Å²) in [5.41, 5.74) is 1.79. The summed E-state index contributed by atoms with van der Waals surface area (Å²) in [5.74, 6) is 0.0450. The zero-order valence-corrected chi connectivity index (χ0v) is 18.8. The third-order valence-electron chi connectivity index (χ3n) is 5.46. The summed E-state index contributed by atoms with van der Waals surface area (Å²) < 4.78 is 15.5. The number of anilines is 1. The van der Waals surface area contributed by atoms with Crippen LogP contribution >= 0.6 is 23.2 Å². The first kappa shape index (κ1) is 21.4. The largest absolute Gasteiger partial charge is 0.360 e. The summed E-state index contributed by atoms with van der Waals surface area (Å²) >= 11 is 12.7. The number of nitrogens with one attached hydrogen (secondary N) is 2. The Balaban J connectivity index is 1.76. The van der Waals surface area contributed by atoms with E-state index in [1.807, 2.05) is 13.0 Å². The van der Waals surface area contributed by atoms with E-state index in [0.717, 1.165) is 0 Å². The van der Waals surface area contributed by atoms with Crippen LogP contribution in [0.15, 0.2) is 59.9 Å². The van der Waals surface area contributed by atoms with Crippen molar-refractivity contribution in [2.45, 2.75) is 19.4 Å². The van der Waals surface area contributed by atoms with Crippen molar-refractivity contribution < 1.29 is 4.39 Å². The van der Waals surface area contributed by atoms with Crippen molar-refractivity contribution in [3.63, 3.8) is 0 Å². The molecule has 0 aliphatic carbocycles. The summed E-state index contributed by atoms with van der Waals surface area (Å²) in [7, 11) is 0. The van der Waals surface area contributed by atoms with Gasteiger partial charge in [0.05, 0.1) is 28.5 Å². The van der Waals surface area contributed by atoms with Crippen LogP contribution in [-0.2, 0) is 0 Å². The SMILES string of the molecule is CC[C@@H](Nc1ncnc2nc[nH]c12)c1cc2ccc(F)cc2c(=O)n1-c1cc(Cl)ccc1Cl. The summed E-state index contributed by atoms with van der Waals surface area (Å²) in [6.07, 6.45) is 3.56. The first-order valence-electron chi connectivity index (χ1n) is 10.2. The molecule has 166 valence electrons. The van der Waals surface area contributed by atoms with Crippen LogP contribution in [0.25, 0.3) is 27.6 Å². The van der Waals surface area contributed by atoms with Crippen LogP contribution in [0.1, 0.15) is 25.1 Å². The Kier molecular flexibility index (Phi) is 5.47. The molecule has 1 atom stereocenters. The molecule has 2 N–H and O–H groups in total. The molecule has 0 aliphatic heterocycles. The number of H-pyrrole nitrogens is 1. The van der Waals surface area contributed by atoms with Crippen molar-refractivity contribution in [1.82, 2.24) is 24.5 Å². The molecule has 3 heterocycles. The number of hydrogen-bond donors (Lipinski definition) is 2. The molecular formula is C23H17Cl2FN6O. The van der Waals surface area contributed by atoms with Crippen LogP contribution in [0.2, 0.25) is 10.0 Å². The second-order valence-electron chi connectivity index (χ2n) is 7.47. The Bertz CT molecular complexity index is 1560. The molecule has 5 rings (SSSR count). The first-order valence-corrected chi connectivity index (χ1v) is 10.9. The summed E-state index contributed by atoms with van der Waals surface area (Å²) in [6, 6.07) is 10.5. The Hall–Kier alpha value is -3.49. The number of pyridine rings is 1. The monoisotopic (exact) mass is 482 g/mol. The molecule has 0 aliphatic rings. The molecule has 2 aromatic carbocycles. The quantitative estimate of drug-likeness (QED) is 0.337. The molecule has 0 unspecified atom stereocenters. The smallest absolute Gasteiger partial charge is 0.263 e. The van der Waals surface area contributed by atoms with E-state index >= 15 is 0 Å². The van der Waals surface area contributed by atoms with Gasteiger partial charge in [-0.3, -0.25) is 9.36 Å². The predicted octanol–water partition coefficient (Wildman–Crippen LogP) is 5.67. The van der Waals surface area contributed by atoms with E-state index in [0.29, 0.717) is 50.2 Å². The first-order chi connectivity index (χ1) is 16.0. The number of rotatable bonds is 5. The Labute approximate surface area is 197 Å². The van der Waals surface area contributed by atoms with Crippen LogP contribution in [-0.4, -0.2) is 24.5 Å². The molecule has 7 nitrogen and oxygen atoms in total. The van der Waals surface area contributed by atoms with Crippen LogP contribution in [0.5, 0.6) is 0 Å². The van der Waals surface area contributed by atoms with E-state index in [9.17, 15) is 9.18 Å². The summed E-state index contributed by atoms with van der Waals surface area (Å²) in [4.78, 5) is 29.3. The number of aromatic nitrogens is 5. The average molecular weight is 483 g/mol. The van der Waals surface area contributed by atoms with E-state index < -0.39 is 11.4 Å². The highest BCUT2D eigenvalue weighted by Crippen LogP contribution is 2.31. The van der Waals surface area contributed by atoms with Crippen molar-refractivity contribution in [2.75, 3.05) is 5.32 Å². The van der Waals surface area contributed by atoms with Gasteiger partial charge >= 0.3 is 0 Å². The second-order valence-corrected chi connectivity index (χ2v) is 8.31. The molecule has 0 radical (unpaired) electrons. The Morgan fingerprint density at radius 3 is 2.79 bits per heavy atom. The van der Waals surface area contributed by atoms with E-state index in [4.69, 9.17) is 23.2 Å². The highest BCUT2D eigenvalue weighted by Gasteiger charge is 2.22. The zero-order valence-electron chi connectivity index (χ0n) is 17.3. The van der Waals surface area contributed by atoms with Crippen molar-refractivity contribution >= 4 is 51.0 Å². The molecule has 33 heavy (non-hydrogen) atoms. The van der Waals surface area contributed by atoms with Gasteiger partial charge in [-0.2, -0.15) is 0 Å². The normalized spacial score (nSPS) is 12.4. The number of halogens is 3. The lowest BCUT2D eigenvalue weighted by molar-refractivity contribution is 0.629. The lowest BCUT2D eigenvalue weighted by Crippen LogP contribution is -2.27. The van der Waals surface area contributed by atoms with Crippen molar-refractivity contribution in [3.8, 4) is 5.69 Å². The lowest BCUT2D eigenvalue weighted by atomic mass is 10.0. The minimum Gasteiger partial charge on any atom is -0.360 e. The summed E-state index contributed by atoms with van der Waals surface area (Å²) in [6.45, 7) is 1.98. The Morgan fingerprint density at radius 1 is 1.12 bits per heavy atom. The maximum atomic E-state index is 14.0.